The molecule has 0 rings (SSSR count). The fraction of sp³-hybridized carbons (Fsp3) is 0.857. The molecule has 2 atom stereocenters. The standard InChI is InChI=1S/C12H26O2.C2H4/c1-3-11(9-10-13)7-5-6-8-12(14)4-2;1-2/h11-14H,3-10H2,1-2H3;1-2H2. The summed E-state index contributed by atoms with van der Waals surface area (Å²) in [6.07, 6.45) is 7.32. The molecule has 0 aromatic rings. The third kappa shape index (κ3) is 11.7. The molecule has 2 N–H and O–H groups in total. The van der Waals surface area contributed by atoms with Gasteiger partial charge in [-0.15, -0.1) is 13.2 Å². The first-order valence-corrected chi connectivity index (χ1v) is 6.53. The van der Waals surface area contributed by atoms with Crippen LogP contribution in [0.3, 0.4) is 0 Å². The molecule has 0 aromatic heterocycles. The van der Waals surface area contributed by atoms with Crippen LogP contribution in [0.5, 0.6) is 0 Å². The maximum Gasteiger partial charge on any atom is 0.0537 e. The third-order valence-electron chi connectivity index (χ3n) is 2.99. The first-order valence-electron chi connectivity index (χ1n) is 6.53. The van der Waals surface area contributed by atoms with Gasteiger partial charge in [-0.2, -0.15) is 0 Å². The number of rotatable bonds is 9. The monoisotopic (exact) mass is 230 g/mol. The van der Waals surface area contributed by atoms with Gasteiger partial charge in [0.05, 0.1) is 6.10 Å². The molecule has 0 heterocycles. The van der Waals surface area contributed by atoms with Gasteiger partial charge in [-0.05, 0) is 25.2 Å². The van der Waals surface area contributed by atoms with E-state index in [1.54, 1.807) is 0 Å². The second kappa shape index (κ2) is 14.7. The van der Waals surface area contributed by atoms with Gasteiger partial charge in [0.15, 0.2) is 0 Å². The average molecular weight is 230 g/mol. The van der Waals surface area contributed by atoms with E-state index in [0.717, 1.165) is 32.1 Å². The number of hydrogen-bond acceptors (Lipinski definition) is 2. The molecule has 16 heavy (non-hydrogen) atoms. The highest BCUT2D eigenvalue weighted by molar-refractivity contribution is 4.59. The topological polar surface area (TPSA) is 40.5 Å². The predicted octanol–water partition coefficient (Wildman–Crippen LogP) is 3.53. The molecule has 0 radical (unpaired) electrons. The normalized spacial score (nSPS) is 13.8. The van der Waals surface area contributed by atoms with Crippen molar-refractivity contribution in [2.45, 2.75) is 64.9 Å². The van der Waals surface area contributed by atoms with E-state index in [9.17, 15) is 5.11 Å². The van der Waals surface area contributed by atoms with E-state index in [2.05, 4.69) is 20.1 Å². The Balaban J connectivity index is 0. The molecule has 98 valence electrons. The van der Waals surface area contributed by atoms with E-state index >= 15 is 0 Å². The quantitative estimate of drug-likeness (QED) is 0.470. The van der Waals surface area contributed by atoms with Crippen molar-refractivity contribution in [3.63, 3.8) is 0 Å². The van der Waals surface area contributed by atoms with Crippen LogP contribution in [0.2, 0.25) is 0 Å². The highest BCUT2D eigenvalue weighted by Crippen LogP contribution is 2.17. The van der Waals surface area contributed by atoms with E-state index in [4.69, 9.17) is 5.11 Å². The van der Waals surface area contributed by atoms with Crippen molar-refractivity contribution in [2.24, 2.45) is 5.92 Å². The van der Waals surface area contributed by atoms with Crippen LogP contribution in [0, 0.1) is 5.92 Å². The fourth-order valence-corrected chi connectivity index (χ4v) is 1.75. The summed E-state index contributed by atoms with van der Waals surface area (Å²) >= 11 is 0. The van der Waals surface area contributed by atoms with Crippen LogP contribution < -0.4 is 0 Å². The predicted molar refractivity (Wildman–Crippen MR) is 71.5 cm³/mol. The second-order valence-electron chi connectivity index (χ2n) is 4.13. The molecule has 2 unspecified atom stereocenters. The average Bonchev–Trinajstić information content (AvgIpc) is 2.35. The van der Waals surface area contributed by atoms with Crippen LogP contribution >= 0.6 is 0 Å². The third-order valence-corrected chi connectivity index (χ3v) is 2.99. The molecular weight excluding hydrogens is 200 g/mol. The van der Waals surface area contributed by atoms with Gasteiger partial charge < -0.3 is 10.2 Å². The zero-order valence-corrected chi connectivity index (χ0v) is 11.1. The van der Waals surface area contributed by atoms with E-state index in [-0.39, 0.29) is 6.10 Å². The zero-order chi connectivity index (χ0) is 12.8. The highest BCUT2D eigenvalue weighted by Gasteiger charge is 2.06. The molecule has 0 aromatic carbocycles. The Morgan fingerprint density at radius 1 is 0.938 bits per heavy atom. The Morgan fingerprint density at radius 2 is 1.50 bits per heavy atom. The summed E-state index contributed by atoms with van der Waals surface area (Å²) in [5, 5.41) is 18.2. The van der Waals surface area contributed by atoms with E-state index < -0.39 is 0 Å². The van der Waals surface area contributed by atoms with Crippen molar-refractivity contribution < 1.29 is 10.2 Å². The van der Waals surface area contributed by atoms with Crippen molar-refractivity contribution >= 4 is 0 Å². The number of aliphatic hydroxyl groups excluding tert-OH is 2. The van der Waals surface area contributed by atoms with Gasteiger partial charge in [-0.3, -0.25) is 0 Å². The van der Waals surface area contributed by atoms with Crippen LogP contribution in [0.15, 0.2) is 13.2 Å². The fourth-order valence-electron chi connectivity index (χ4n) is 1.75. The summed E-state index contributed by atoms with van der Waals surface area (Å²) in [5.74, 6) is 0.679. The summed E-state index contributed by atoms with van der Waals surface area (Å²) in [6, 6.07) is 0. The smallest absolute Gasteiger partial charge is 0.0537 e. The summed E-state index contributed by atoms with van der Waals surface area (Å²) in [6.45, 7) is 10.5. The van der Waals surface area contributed by atoms with Crippen LogP contribution in [0.25, 0.3) is 0 Å². The van der Waals surface area contributed by atoms with Crippen molar-refractivity contribution in [3.8, 4) is 0 Å². The van der Waals surface area contributed by atoms with Gasteiger partial charge >= 0.3 is 0 Å². The van der Waals surface area contributed by atoms with Crippen molar-refractivity contribution in [1.29, 1.82) is 0 Å². The summed E-state index contributed by atoms with van der Waals surface area (Å²) in [4.78, 5) is 0. The zero-order valence-electron chi connectivity index (χ0n) is 11.1. The van der Waals surface area contributed by atoms with E-state index in [0.29, 0.717) is 12.5 Å². The minimum atomic E-state index is -0.104. The van der Waals surface area contributed by atoms with Crippen LogP contribution in [0.4, 0.5) is 0 Å². The van der Waals surface area contributed by atoms with E-state index in [1.165, 1.54) is 12.8 Å². The molecule has 0 aliphatic heterocycles. The Labute approximate surface area is 101 Å². The van der Waals surface area contributed by atoms with Crippen LogP contribution in [-0.4, -0.2) is 22.9 Å². The molecule has 0 aliphatic carbocycles. The Kier molecular flexibility index (Phi) is 16.5. The van der Waals surface area contributed by atoms with E-state index in [1.807, 2.05) is 6.92 Å². The summed E-state index contributed by atoms with van der Waals surface area (Å²) in [5.41, 5.74) is 0. The first kappa shape index (κ1) is 18.0. The van der Waals surface area contributed by atoms with Gasteiger partial charge in [0.2, 0.25) is 0 Å². The van der Waals surface area contributed by atoms with Crippen LogP contribution in [-0.2, 0) is 0 Å². The SMILES string of the molecule is C=C.CCC(O)CCCCC(CC)CCO. The summed E-state index contributed by atoms with van der Waals surface area (Å²) in [7, 11) is 0. The maximum atomic E-state index is 9.34. The molecule has 0 saturated carbocycles. The molecule has 0 aliphatic rings. The van der Waals surface area contributed by atoms with Crippen molar-refractivity contribution in [1.82, 2.24) is 0 Å². The molecule has 0 bridgehead atoms. The lowest BCUT2D eigenvalue weighted by Crippen LogP contribution is -2.05. The molecule has 0 amide bonds. The van der Waals surface area contributed by atoms with Crippen molar-refractivity contribution in [2.75, 3.05) is 6.61 Å². The minimum Gasteiger partial charge on any atom is -0.396 e. The van der Waals surface area contributed by atoms with Gasteiger partial charge in [-0.1, -0.05) is 39.5 Å². The van der Waals surface area contributed by atoms with Gasteiger partial charge in [0.25, 0.3) is 0 Å². The highest BCUT2D eigenvalue weighted by atomic mass is 16.3. The number of aliphatic hydroxyl groups is 2. The van der Waals surface area contributed by atoms with Gasteiger partial charge in [-0.25, -0.2) is 0 Å². The van der Waals surface area contributed by atoms with Crippen molar-refractivity contribution in [3.05, 3.63) is 13.2 Å². The lowest BCUT2D eigenvalue weighted by molar-refractivity contribution is 0.155. The lowest BCUT2D eigenvalue weighted by Gasteiger charge is -2.13. The van der Waals surface area contributed by atoms with Gasteiger partial charge in [0.1, 0.15) is 0 Å². The Hall–Kier alpha value is -0.340. The number of unbranched alkanes of at least 4 members (excludes halogenated alkanes) is 1. The molecule has 0 saturated heterocycles. The summed E-state index contributed by atoms with van der Waals surface area (Å²) < 4.78 is 0. The first-order chi connectivity index (χ1) is 7.74. The number of hydrogen-bond donors (Lipinski definition) is 2. The molecule has 0 fully saturated rings. The van der Waals surface area contributed by atoms with Crippen LogP contribution in [0.1, 0.15) is 58.8 Å². The molecule has 2 nitrogen and oxygen atoms in total. The second-order valence-corrected chi connectivity index (χ2v) is 4.13. The molecule has 0 spiro atoms. The Morgan fingerprint density at radius 3 is 1.94 bits per heavy atom. The molecular formula is C14H30O2. The largest absolute Gasteiger partial charge is 0.396 e. The Bertz CT molecular complexity index is 126. The minimum absolute atomic E-state index is 0.104. The maximum absolute atomic E-state index is 9.34. The van der Waals surface area contributed by atoms with Gasteiger partial charge in [0, 0.05) is 6.61 Å². The molecule has 2 heteroatoms. The lowest BCUT2D eigenvalue weighted by atomic mass is 9.95.